The molecule has 0 aromatic heterocycles. The van der Waals surface area contributed by atoms with Crippen molar-refractivity contribution in [3.63, 3.8) is 0 Å². The van der Waals surface area contributed by atoms with Crippen molar-refractivity contribution in [2.75, 3.05) is 6.54 Å². The molecule has 1 heterocycles. The maximum absolute atomic E-state index is 11.9. The molecule has 1 rings (SSSR count). The van der Waals surface area contributed by atoms with Crippen molar-refractivity contribution in [2.45, 2.75) is 51.1 Å². The summed E-state index contributed by atoms with van der Waals surface area (Å²) in [7, 11) is 0. The molecule has 0 spiro atoms. The maximum Gasteiger partial charge on any atom is 0.326 e. The monoisotopic (exact) mass is 331 g/mol. The van der Waals surface area contributed by atoms with Crippen molar-refractivity contribution >= 4 is 11.9 Å². The summed E-state index contributed by atoms with van der Waals surface area (Å²) in [6.07, 6.45) is 2.79. The minimum Gasteiger partial charge on any atom is -0.649 e. The van der Waals surface area contributed by atoms with Crippen molar-refractivity contribution < 1.29 is 47.4 Å². The summed E-state index contributed by atoms with van der Waals surface area (Å²) < 4.78 is 0. The Balaban J connectivity index is 0. The van der Waals surface area contributed by atoms with Crippen molar-refractivity contribution in [3.05, 3.63) is 12.7 Å². The molecular formula is C12H22N2O3Y-2. The molecule has 0 saturated carbocycles. The van der Waals surface area contributed by atoms with E-state index < -0.39 is 17.6 Å². The first-order valence-corrected chi connectivity index (χ1v) is 5.72. The predicted octanol–water partition coefficient (Wildman–Crippen LogP) is 1.73. The molecule has 1 aliphatic heterocycles. The molecular weight excluding hydrogens is 309 g/mol. The van der Waals surface area contributed by atoms with Gasteiger partial charge in [-0.15, -0.1) is 6.54 Å². The Morgan fingerprint density at radius 3 is 2.50 bits per heavy atom. The van der Waals surface area contributed by atoms with Gasteiger partial charge in [0.05, 0.1) is 0 Å². The summed E-state index contributed by atoms with van der Waals surface area (Å²) in [5, 5.41) is 15.7. The van der Waals surface area contributed by atoms with Crippen LogP contribution in [0.4, 0.5) is 0 Å². The SMILES string of the molecule is CCCC(NC(=O)C1(C)CCC[N-]1)C(=O)O.[CH3-].[Y]. The molecule has 2 unspecified atom stereocenters. The molecule has 1 amide bonds. The van der Waals surface area contributed by atoms with E-state index in [-0.39, 0.29) is 46.0 Å². The largest absolute Gasteiger partial charge is 0.649 e. The van der Waals surface area contributed by atoms with E-state index >= 15 is 0 Å². The van der Waals surface area contributed by atoms with Gasteiger partial charge < -0.3 is 23.2 Å². The molecule has 18 heavy (non-hydrogen) atoms. The molecule has 1 saturated heterocycles. The molecule has 0 aromatic rings. The molecule has 1 radical (unpaired) electrons. The van der Waals surface area contributed by atoms with Gasteiger partial charge in [0.15, 0.2) is 0 Å². The number of hydrogen-bond donors (Lipinski definition) is 2. The van der Waals surface area contributed by atoms with Crippen LogP contribution in [0.25, 0.3) is 5.32 Å². The van der Waals surface area contributed by atoms with Gasteiger partial charge in [-0.2, -0.15) is 0 Å². The van der Waals surface area contributed by atoms with E-state index in [1.807, 2.05) is 6.92 Å². The molecule has 0 aromatic carbocycles. The average molecular weight is 331 g/mol. The topological polar surface area (TPSA) is 80.5 Å². The molecule has 103 valence electrons. The summed E-state index contributed by atoms with van der Waals surface area (Å²) in [6.45, 7) is 4.35. The van der Waals surface area contributed by atoms with Crippen LogP contribution in [0.15, 0.2) is 0 Å². The molecule has 1 fully saturated rings. The molecule has 2 N–H and O–H groups in total. The molecule has 2 atom stereocenters. The third-order valence-electron chi connectivity index (χ3n) is 2.95. The molecule has 1 aliphatic rings. The number of carboxylic acids is 1. The van der Waals surface area contributed by atoms with Crippen LogP contribution in [0.2, 0.25) is 0 Å². The second-order valence-electron chi connectivity index (χ2n) is 4.41. The van der Waals surface area contributed by atoms with Crippen LogP contribution in [-0.4, -0.2) is 35.1 Å². The van der Waals surface area contributed by atoms with Crippen LogP contribution >= 0.6 is 0 Å². The van der Waals surface area contributed by atoms with Gasteiger partial charge in [0.1, 0.15) is 6.04 Å². The van der Waals surface area contributed by atoms with E-state index in [2.05, 4.69) is 10.6 Å². The number of hydrogen-bond acceptors (Lipinski definition) is 2. The van der Waals surface area contributed by atoms with E-state index in [9.17, 15) is 9.59 Å². The molecule has 0 aliphatic carbocycles. The fourth-order valence-electron chi connectivity index (χ4n) is 1.87. The molecule has 5 nitrogen and oxygen atoms in total. The zero-order valence-corrected chi connectivity index (χ0v) is 14.2. The average Bonchev–Trinajstić information content (AvgIpc) is 2.65. The number of carbonyl (C=O) groups excluding carboxylic acids is 1. The standard InChI is InChI=1S/C11H19N2O3.CH3.Y/c1-3-5-8(9(14)15)13-10(16)11(2)6-4-7-12-11;;/h8H,3-7H2,1-2H3,(H,13,16)(H,14,15);1H3;/q2*-1;. The third-order valence-corrected chi connectivity index (χ3v) is 2.95. The fraction of sp³-hybridized carbons (Fsp3) is 0.750. The zero-order valence-electron chi connectivity index (χ0n) is 11.4. The summed E-state index contributed by atoms with van der Waals surface area (Å²) >= 11 is 0. The van der Waals surface area contributed by atoms with Crippen molar-refractivity contribution in [2.24, 2.45) is 0 Å². The number of rotatable bonds is 5. The van der Waals surface area contributed by atoms with Crippen LogP contribution in [-0.2, 0) is 42.3 Å². The second kappa shape index (κ2) is 8.99. The van der Waals surface area contributed by atoms with Crippen LogP contribution in [0.3, 0.4) is 0 Å². The van der Waals surface area contributed by atoms with Crippen molar-refractivity contribution in [1.29, 1.82) is 0 Å². The maximum atomic E-state index is 11.9. The van der Waals surface area contributed by atoms with E-state index in [0.717, 1.165) is 12.8 Å². The summed E-state index contributed by atoms with van der Waals surface area (Å²) in [5.74, 6) is -1.23. The first-order chi connectivity index (χ1) is 7.49. The van der Waals surface area contributed by atoms with Crippen LogP contribution in [0.1, 0.15) is 39.5 Å². The predicted molar refractivity (Wildman–Crippen MR) is 66.8 cm³/mol. The minimum absolute atomic E-state index is 0. The quantitative estimate of drug-likeness (QED) is 0.753. The Kier molecular flexibility index (Phi) is 10.2. The van der Waals surface area contributed by atoms with Crippen molar-refractivity contribution in [1.82, 2.24) is 5.32 Å². The van der Waals surface area contributed by atoms with Crippen molar-refractivity contribution in [3.8, 4) is 0 Å². The minimum atomic E-state index is -0.975. The number of amides is 1. The van der Waals surface area contributed by atoms with E-state index in [0.29, 0.717) is 19.4 Å². The molecule has 6 heteroatoms. The number of nitrogens with zero attached hydrogens (tertiary/aromatic N) is 1. The first-order valence-electron chi connectivity index (χ1n) is 5.72. The van der Waals surface area contributed by atoms with E-state index in [4.69, 9.17) is 5.11 Å². The Bertz CT molecular complexity index is 278. The Morgan fingerprint density at radius 2 is 2.11 bits per heavy atom. The Morgan fingerprint density at radius 1 is 1.50 bits per heavy atom. The zero-order chi connectivity index (χ0) is 12.2. The van der Waals surface area contributed by atoms with Gasteiger partial charge in [-0.1, -0.05) is 33.1 Å². The van der Waals surface area contributed by atoms with Crippen LogP contribution in [0.5, 0.6) is 0 Å². The Labute approximate surface area is 134 Å². The van der Waals surface area contributed by atoms with Gasteiger partial charge in [-0.05, 0) is 12.0 Å². The van der Waals surface area contributed by atoms with Gasteiger partial charge in [0.2, 0.25) is 5.91 Å². The first kappa shape index (κ1) is 20.3. The molecule has 0 bridgehead atoms. The van der Waals surface area contributed by atoms with Gasteiger partial charge in [0.25, 0.3) is 0 Å². The second-order valence-corrected chi connectivity index (χ2v) is 4.41. The number of aliphatic carboxylic acids is 1. The fourth-order valence-corrected chi connectivity index (χ4v) is 1.87. The van der Waals surface area contributed by atoms with E-state index in [1.54, 1.807) is 6.92 Å². The van der Waals surface area contributed by atoms with Gasteiger partial charge in [-0.3, -0.25) is 4.79 Å². The van der Waals surface area contributed by atoms with E-state index in [1.165, 1.54) is 0 Å². The number of carbonyl (C=O) groups is 2. The van der Waals surface area contributed by atoms with Gasteiger partial charge in [-0.25, -0.2) is 4.79 Å². The third kappa shape index (κ3) is 5.33. The Hall–Kier alpha value is 0.00390. The van der Waals surface area contributed by atoms with Gasteiger partial charge in [0, 0.05) is 32.7 Å². The summed E-state index contributed by atoms with van der Waals surface area (Å²) in [4.78, 5) is 22.8. The smallest absolute Gasteiger partial charge is 0.326 e. The number of carboxylic acid groups (broad SMARTS) is 1. The summed E-state index contributed by atoms with van der Waals surface area (Å²) in [5.41, 5.74) is -0.721. The van der Waals surface area contributed by atoms with Crippen LogP contribution < -0.4 is 5.32 Å². The number of nitrogens with one attached hydrogen (secondary N) is 1. The summed E-state index contributed by atoms with van der Waals surface area (Å²) in [6, 6.07) is -0.787. The van der Waals surface area contributed by atoms with Crippen LogP contribution in [0, 0.1) is 7.43 Å². The normalized spacial score (nSPS) is 23.4. The van der Waals surface area contributed by atoms with Gasteiger partial charge >= 0.3 is 5.97 Å².